The van der Waals surface area contributed by atoms with E-state index in [1.165, 1.54) is 16.2 Å². The molecule has 21 heteroatoms. The van der Waals surface area contributed by atoms with Crippen molar-refractivity contribution in [2.24, 2.45) is 11.8 Å². The number of carbonyl (C=O) groups excluding carboxylic acids is 2. The van der Waals surface area contributed by atoms with Crippen LogP contribution in [0.1, 0.15) is 102 Å². The zero-order valence-corrected chi connectivity index (χ0v) is 47.2. The zero-order chi connectivity index (χ0) is 55.9. The summed E-state index contributed by atoms with van der Waals surface area (Å²) < 4.78 is 19.0. The number of likely N-dealkylation sites (tertiary alicyclic amines) is 2. The van der Waals surface area contributed by atoms with Gasteiger partial charge in [0.1, 0.15) is 29.6 Å². The van der Waals surface area contributed by atoms with E-state index in [2.05, 4.69) is 62.4 Å². The fourth-order valence-corrected chi connectivity index (χ4v) is 14.0. The summed E-state index contributed by atoms with van der Waals surface area (Å²) in [4.78, 5) is 49.1. The summed E-state index contributed by atoms with van der Waals surface area (Å²) in [5, 5.41) is 37.4. The van der Waals surface area contributed by atoms with E-state index >= 15 is 0 Å². The highest BCUT2D eigenvalue weighted by atomic mass is 32.1. The van der Waals surface area contributed by atoms with Crippen LogP contribution in [0.3, 0.4) is 0 Å². The monoisotopic (exact) mass is 1120 g/mol. The maximum absolute atomic E-state index is 14.4. The highest BCUT2D eigenvalue weighted by Gasteiger charge is 2.45. The Kier molecular flexibility index (Phi) is 15.8. The molecule has 20 nitrogen and oxygen atoms in total. The highest BCUT2D eigenvalue weighted by Crippen LogP contribution is 2.41. The number of nitrogens with zero attached hydrogens (tertiary/aromatic N) is 10. The number of benzene rings is 2. The quantitative estimate of drug-likeness (QED) is 0.0602. The number of nitrogen functional groups attached to an aromatic ring is 2. The average molecular weight is 1120 g/mol. The van der Waals surface area contributed by atoms with Gasteiger partial charge in [0.25, 0.3) is 0 Å². The molecule has 81 heavy (non-hydrogen) atoms. The van der Waals surface area contributed by atoms with E-state index in [1.807, 2.05) is 75.5 Å². The minimum atomic E-state index is -0.817. The molecule has 6 aliphatic rings. The van der Waals surface area contributed by atoms with Gasteiger partial charge in [0.05, 0.1) is 46.1 Å². The van der Waals surface area contributed by atoms with Gasteiger partial charge in [0.2, 0.25) is 17.7 Å². The lowest BCUT2D eigenvalue weighted by Gasteiger charge is -2.43. The van der Waals surface area contributed by atoms with Gasteiger partial charge in [-0.25, -0.2) is 9.97 Å². The number of nitrogens with one attached hydrogen (secondary N) is 1. The maximum atomic E-state index is 14.4. The molecule has 6 aromatic rings. The molecular weight excluding hydrogens is 1050 g/mol. The normalized spacial score (nSPS) is 24.4. The molecule has 2 unspecified atom stereocenters. The third-order valence-corrected chi connectivity index (χ3v) is 18.7. The van der Waals surface area contributed by atoms with Gasteiger partial charge < -0.3 is 65.5 Å². The fourth-order valence-electron chi connectivity index (χ4n) is 13.3. The van der Waals surface area contributed by atoms with E-state index in [0.717, 1.165) is 130 Å². The number of rotatable bonds is 17. The van der Waals surface area contributed by atoms with Crippen molar-refractivity contribution in [3.05, 3.63) is 95.8 Å². The van der Waals surface area contributed by atoms with Crippen molar-refractivity contribution in [1.82, 2.24) is 40.4 Å². The van der Waals surface area contributed by atoms with Crippen LogP contribution >= 0.6 is 11.3 Å². The number of phenolic OH excluding ortho intramolecular Hbond substituents is 1. The van der Waals surface area contributed by atoms with Crippen LogP contribution in [0.5, 0.6) is 11.6 Å². The predicted molar refractivity (Wildman–Crippen MR) is 311 cm³/mol. The lowest BCUT2D eigenvalue weighted by Crippen LogP contribution is -2.54. The van der Waals surface area contributed by atoms with Crippen molar-refractivity contribution < 1.29 is 33.8 Å². The molecule has 9 heterocycles. The smallest absolute Gasteiger partial charge is 0.243 e. The van der Waals surface area contributed by atoms with Crippen LogP contribution in [0.4, 0.5) is 28.8 Å². The molecule has 1 saturated carbocycles. The van der Waals surface area contributed by atoms with Crippen molar-refractivity contribution in [1.29, 1.82) is 0 Å². The summed E-state index contributed by atoms with van der Waals surface area (Å²) in [5.41, 5.74) is 19.2. The maximum Gasteiger partial charge on any atom is 0.243 e. The number of nitrogens with two attached hydrogens (primary N) is 2. The van der Waals surface area contributed by atoms with E-state index in [-0.39, 0.29) is 60.8 Å². The fraction of sp³-hybridized carbons (Fsp3) is 0.517. The second kappa shape index (κ2) is 23.4. The second-order valence-corrected chi connectivity index (χ2v) is 24.4. The molecule has 12 rings (SSSR count). The van der Waals surface area contributed by atoms with Crippen LogP contribution in [0.2, 0.25) is 0 Å². The number of thiazole rings is 1. The molecule has 0 spiro atoms. The van der Waals surface area contributed by atoms with Crippen LogP contribution in [-0.4, -0.2) is 152 Å². The SMILES string of the molecule is CC(C)[C@@H](C(=O)N1C[C@H](O)C[C@H]1C(=O)N[C@@H](C)c1ccc(-c2scnc2N)cc1)c1cc(N2CCC(CN3CCC(O[C@H]4C[C@H](Oc5cc(N6C7CCC6CN(c6cc(-c8ccccc8O)nnc6N)C7)ccn5)C4)CC3)CC2)no1. The molecule has 2 aromatic carbocycles. The van der Waals surface area contributed by atoms with E-state index in [1.54, 1.807) is 17.6 Å². The Hall–Kier alpha value is -7.07. The molecule has 1 aliphatic carbocycles. The predicted octanol–water partition coefficient (Wildman–Crippen LogP) is 7.26. The standard InChI is InChI=1S/C60H75N13O7S/c1-35(2)55(60(77)72-33-43(74)25-50(72)59(76)65-36(3)38-8-10-39(11-9-38)56-58(62)64-34-81-56)52-29-53(68-80-52)70-22-15-37(16-23-70)30-69-20-17-44(18-21-69)78-45-26-46(27-45)79-54-24-40(14-19-63-54)73-41-12-13-42(73)32-71(31-41)49-28-48(66-67-57(49)61)47-6-4-5-7-51(47)75/h4-11,14,19,24,28-29,34-37,41-46,50,55,74-75H,12-13,15-18,20-23,25-27,30-33,62H2,1-3H3,(H2,61,67)(H,65,76)/t36-,41?,42?,43+,45-,46-,50-,55+/m0/s1. The topological polar surface area (TPSA) is 251 Å². The third kappa shape index (κ3) is 11.7. The van der Waals surface area contributed by atoms with Crippen molar-refractivity contribution in [2.45, 2.75) is 133 Å². The first kappa shape index (κ1) is 54.5. The molecule has 7 N–H and O–H groups in total. The highest BCUT2D eigenvalue weighted by molar-refractivity contribution is 7.13. The van der Waals surface area contributed by atoms with Gasteiger partial charge in [-0.15, -0.1) is 21.5 Å². The number of aromatic nitrogens is 5. The molecule has 6 atom stereocenters. The number of aliphatic hydroxyl groups is 1. The van der Waals surface area contributed by atoms with E-state index < -0.39 is 18.1 Å². The van der Waals surface area contributed by atoms with Crippen LogP contribution in [-0.2, 0) is 14.3 Å². The summed E-state index contributed by atoms with van der Waals surface area (Å²) in [6.07, 6.45) is 9.78. The Morgan fingerprint density at radius 3 is 2.28 bits per heavy atom. The number of ether oxygens (including phenoxy) is 2. The van der Waals surface area contributed by atoms with Crippen molar-refractivity contribution in [3.63, 3.8) is 0 Å². The van der Waals surface area contributed by atoms with E-state index in [0.29, 0.717) is 52.5 Å². The lowest BCUT2D eigenvalue weighted by atomic mass is 9.91. The number of hydrogen-bond acceptors (Lipinski definition) is 19. The number of hydrogen-bond donors (Lipinski definition) is 5. The van der Waals surface area contributed by atoms with E-state index in [9.17, 15) is 19.8 Å². The summed E-state index contributed by atoms with van der Waals surface area (Å²) in [6.45, 7) is 12.4. The first-order chi connectivity index (χ1) is 39.3. The lowest BCUT2D eigenvalue weighted by molar-refractivity contribution is -0.141. The molecule has 4 aromatic heterocycles. The molecular formula is C60H75N13O7S. The number of phenols is 1. The van der Waals surface area contributed by atoms with Crippen molar-refractivity contribution in [3.8, 4) is 33.3 Å². The Balaban J connectivity index is 0.564. The number of pyridine rings is 1. The van der Waals surface area contributed by atoms with Gasteiger partial charge in [-0.05, 0) is 92.7 Å². The number of piperazine rings is 1. The van der Waals surface area contributed by atoms with Gasteiger partial charge >= 0.3 is 0 Å². The number of amides is 2. The number of para-hydroxylation sites is 1. The Bertz CT molecular complexity index is 3140. The summed E-state index contributed by atoms with van der Waals surface area (Å²) >= 11 is 1.48. The molecule has 2 amide bonds. The molecule has 5 saturated heterocycles. The first-order valence-electron chi connectivity index (χ1n) is 29.0. The van der Waals surface area contributed by atoms with Gasteiger partial charge in [0, 0.05) is 113 Å². The van der Waals surface area contributed by atoms with Gasteiger partial charge in [-0.1, -0.05) is 55.4 Å². The van der Waals surface area contributed by atoms with Crippen LogP contribution in [0.25, 0.3) is 21.7 Å². The zero-order valence-electron chi connectivity index (χ0n) is 46.4. The van der Waals surface area contributed by atoms with Gasteiger partial charge in [-0.2, -0.15) is 0 Å². The van der Waals surface area contributed by atoms with Crippen LogP contribution in [0, 0.1) is 11.8 Å². The first-order valence-corrected chi connectivity index (χ1v) is 29.9. The largest absolute Gasteiger partial charge is 0.507 e. The van der Waals surface area contributed by atoms with Crippen LogP contribution in [0.15, 0.2) is 89.0 Å². The molecule has 2 bridgehead atoms. The van der Waals surface area contributed by atoms with E-state index in [4.69, 9.17) is 25.5 Å². The van der Waals surface area contributed by atoms with Crippen molar-refractivity contribution >= 4 is 52.0 Å². The molecule has 0 radical (unpaired) electrons. The van der Waals surface area contributed by atoms with Crippen molar-refractivity contribution in [2.75, 3.05) is 78.5 Å². The second-order valence-electron chi connectivity index (χ2n) is 23.6. The Morgan fingerprint density at radius 1 is 0.815 bits per heavy atom. The number of carbonyl (C=O) groups is 2. The number of piperidine rings is 2. The molecule has 5 aliphatic heterocycles. The minimum Gasteiger partial charge on any atom is -0.507 e. The molecule has 6 fully saturated rings. The van der Waals surface area contributed by atoms with Crippen LogP contribution < -0.4 is 36.2 Å². The van der Waals surface area contributed by atoms with Gasteiger partial charge in [-0.3, -0.25) is 9.59 Å². The number of fused-ring (bicyclic) bond motifs is 2. The number of aromatic hydroxyl groups is 1. The summed E-state index contributed by atoms with van der Waals surface area (Å²) in [6, 6.07) is 22.5. The number of aliphatic hydroxyl groups excluding tert-OH is 1. The number of anilines is 5. The summed E-state index contributed by atoms with van der Waals surface area (Å²) in [5.74, 6) is 2.13. The Morgan fingerprint density at radius 2 is 1.57 bits per heavy atom. The van der Waals surface area contributed by atoms with Gasteiger partial charge in [0.15, 0.2) is 17.4 Å². The number of β-amino-alcohol motifs (C(OH)–C–C–N with tert-alkyl or cyclic N) is 1. The minimum absolute atomic E-state index is 0.0726. The Labute approximate surface area is 476 Å². The third-order valence-electron chi connectivity index (χ3n) is 17.8. The average Bonchev–Trinajstić information content (AvgIpc) is 4.30. The summed E-state index contributed by atoms with van der Waals surface area (Å²) in [7, 11) is 0. The molecule has 428 valence electrons.